The molecule has 8 heteroatoms. The van der Waals surface area contributed by atoms with Crippen molar-refractivity contribution in [1.29, 1.82) is 0 Å². The van der Waals surface area contributed by atoms with Gasteiger partial charge in [-0.05, 0) is 44.2 Å². The third-order valence-electron chi connectivity index (χ3n) is 4.73. The van der Waals surface area contributed by atoms with Crippen molar-refractivity contribution in [2.75, 3.05) is 26.9 Å². The van der Waals surface area contributed by atoms with E-state index in [1.807, 2.05) is 7.05 Å². The summed E-state index contributed by atoms with van der Waals surface area (Å²) >= 11 is 0. The van der Waals surface area contributed by atoms with Crippen LogP contribution in [0.25, 0.3) is 0 Å². The van der Waals surface area contributed by atoms with Crippen molar-refractivity contribution in [3.8, 4) is 0 Å². The van der Waals surface area contributed by atoms with Crippen molar-refractivity contribution in [3.05, 3.63) is 29.8 Å². The fourth-order valence-corrected chi connectivity index (χ4v) is 3.69. The maximum atomic E-state index is 12.2. The van der Waals surface area contributed by atoms with Crippen molar-refractivity contribution < 1.29 is 18.0 Å². The van der Waals surface area contributed by atoms with Crippen LogP contribution in [0.4, 0.5) is 0 Å². The minimum absolute atomic E-state index is 0.0208. The Morgan fingerprint density at radius 2 is 1.76 bits per heavy atom. The standard InChI is InChI=1S/C17H25N3O4S/c1-18-16(21)10-13-6-7-14(20(13)2)11-19-17(22)12-4-8-15(9-5-12)25(3,23)24/h4-5,8-9,13-14H,6-7,10-11H2,1-3H3,(H,18,21)(H,19,22)/t13-,14+/m1/s1. The highest BCUT2D eigenvalue weighted by atomic mass is 32.2. The molecule has 138 valence electrons. The molecule has 0 aliphatic carbocycles. The first-order valence-electron chi connectivity index (χ1n) is 8.23. The fourth-order valence-electron chi connectivity index (χ4n) is 3.06. The smallest absolute Gasteiger partial charge is 0.251 e. The lowest BCUT2D eigenvalue weighted by Gasteiger charge is -2.25. The maximum absolute atomic E-state index is 12.2. The Kier molecular flexibility index (Phi) is 6.18. The fraction of sp³-hybridized carbons (Fsp3) is 0.529. The van der Waals surface area contributed by atoms with Gasteiger partial charge < -0.3 is 10.6 Å². The van der Waals surface area contributed by atoms with Crippen LogP contribution < -0.4 is 10.6 Å². The van der Waals surface area contributed by atoms with Crippen LogP contribution in [0.1, 0.15) is 29.6 Å². The average molecular weight is 367 g/mol. The molecule has 1 aromatic carbocycles. The number of nitrogens with zero attached hydrogens (tertiary/aromatic N) is 1. The summed E-state index contributed by atoms with van der Waals surface area (Å²) in [4.78, 5) is 26.1. The van der Waals surface area contributed by atoms with Gasteiger partial charge in [0.05, 0.1) is 4.90 Å². The van der Waals surface area contributed by atoms with Gasteiger partial charge in [0, 0.05) is 43.9 Å². The van der Waals surface area contributed by atoms with E-state index in [4.69, 9.17) is 0 Å². The Morgan fingerprint density at radius 3 is 2.32 bits per heavy atom. The summed E-state index contributed by atoms with van der Waals surface area (Å²) in [5.74, 6) is -0.212. The van der Waals surface area contributed by atoms with Gasteiger partial charge in [-0.3, -0.25) is 14.5 Å². The maximum Gasteiger partial charge on any atom is 0.251 e. The van der Waals surface area contributed by atoms with Crippen molar-refractivity contribution in [3.63, 3.8) is 0 Å². The summed E-state index contributed by atoms with van der Waals surface area (Å²) in [6, 6.07) is 6.28. The number of hydrogen-bond acceptors (Lipinski definition) is 5. The molecular formula is C17H25N3O4S. The van der Waals surface area contributed by atoms with E-state index >= 15 is 0 Å². The topological polar surface area (TPSA) is 95.6 Å². The van der Waals surface area contributed by atoms with Crippen molar-refractivity contribution in [2.45, 2.75) is 36.2 Å². The van der Waals surface area contributed by atoms with E-state index in [1.165, 1.54) is 24.3 Å². The molecule has 1 fully saturated rings. The normalized spacial score (nSPS) is 21.1. The molecule has 7 nitrogen and oxygen atoms in total. The molecule has 0 spiro atoms. The molecule has 0 aromatic heterocycles. The van der Waals surface area contributed by atoms with Crippen LogP contribution in [-0.4, -0.2) is 64.1 Å². The van der Waals surface area contributed by atoms with Crippen LogP contribution in [0.2, 0.25) is 0 Å². The lowest BCUT2D eigenvalue weighted by molar-refractivity contribution is -0.121. The summed E-state index contributed by atoms with van der Waals surface area (Å²) in [7, 11) is 0.332. The molecular weight excluding hydrogens is 342 g/mol. The number of rotatable bonds is 6. The Labute approximate surface area is 148 Å². The highest BCUT2D eigenvalue weighted by molar-refractivity contribution is 7.90. The predicted octanol–water partition coefficient (Wildman–Crippen LogP) is 0.419. The van der Waals surface area contributed by atoms with Gasteiger partial charge in [0.2, 0.25) is 5.91 Å². The number of nitrogens with one attached hydrogen (secondary N) is 2. The molecule has 0 bridgehead atoms. The van der Waals surface area contributed by atoms with Gasteiger partial charge >= 0.3 is 0 Å². The molecule has 1 aliphatic heterocycles. The number of carbonyl (C=O) groups is 2. The SMILES string of the molecule is CNC(=O)C[C@H]1CC[C@@H](CNC(=O)c2ccc(S(C)(=O)=O)cc2)N1C. The molecule has 25 heavy (non-hydrogen) atoms. The third-order valence-corrected chi connectivity index (χ3v) is 5.86. The zero-order valence-electron chi connectivity index (χ0n) is 14.8. The number of likely N-dealkylation sites (tertiary alicyclic amines) is 1. The van der Waals surface area contributed by atoms with E-state index in [0.717, 1.165) is 19.1 Å². The first-order valence-corrected chi connectivity index (χ1v) is 10.1. The summed E-state index contributed by atoms with van der Waals surface area (Å²) < 4.78 is 22.9. The van der Waals surface area contributed by atoms with Gasteiger partial charge in [-0.2, -0.15) is 0 Å². The average Bonchev–Trinajstić information content (AvgIpc) is 2.92. The van der Waals surface area contributed by atoms with Gasteiger partial charge in [-0.15, -0.1) is 0 Å². The second-order valence-electron chi connectivity index (χ2n) is 6.43. The summed E-state index contributed by atoms with van der Waals surface area (Å²) in [5, 5.41) is 5.52. The summed E-state index contributed by atoms with van der Waals surface area (Å²) in [6.07, 6.45) is 3.44. The quantitative estimate of drug-likeness (QED) is 0.760. The van der Waals surface area contributed by atoms with Crippen LogP contribution in [0.15, 0.2) is 29.2 Å². The Balaban J connectivity index is 1.89. The lowest BCUT2D eigenvalue weighted by Crippen LogP contribution is -2.42. The van der Waals surface area contributed by atoms with Gasteiger partial charge in [-0.25, -0.2) is 8.42 Å². The minimum atomic E-state index is -3.27. The van der Waals surface area contributed by atoms with Crippen molar-refractivity contribution >= 4 is 21.7 Å². The van der Waals surface area contributed by atoms with Crippen LogP contribution in [0.5, 0.6) is 0 Å². The van der Waals surface area contributed by atoms with Gasteiger partial charge in [-0.1, -0.05) is 0 Å². The molecule has 1 aliphatic rings. The van der Waals surface area contributed by atoms with E-state index in [2.05, 4.69) is 15.5 Å². The highest BCUT2D eigenvalue weighted by Crippen LogP contribution is 2.24. The first-order chi connectivity index (χ1) is 11.7. The zero-order valence-corrected chi connectivity index (χ0v) is 15.6. The van der Waals surface area contributed by atoms with Crippen LogP contribution >= 0.6 is 0 Å². The molecule has 0 radical (unpaired) electrons. The molecule has 2 N–H and O–H groups in total. The van der Waals surface area contributed by atoms with Gasteiger partial charge in [0.15, 0.2) is 9.84 Å². The van der Waals surface area contributed by atoms with Crippen LogP contribution in [0.3, 0.4) is 0 Å². The molecule has 1 heterocycles. The van der Waals surface area contributed by atoms with E-state index in [0.29, 0.717) is 18.5 Å². The monoisotopic (exact) mass is 367 g/mol. The van der Waals surface area contributed by atoms with Crippen LogP contribution in [0, 0.1) is 0 Å². The van der Waals surface area contributed by atoms with Gasteiger partial charge in [0.1, 0.15) is 0 Å². The Morgan fingerprint density at radius 1 is 1.16 bits per heavy atom. The number of sulfone groups is 1. The van der Waals surface area contributed by atoms with Crippen molar-refractivity contribution in [2.24, 2.45) is 0 Å². The second-order valence-corrected chi connectivity index (χ2v) is 8.45. The highest BCUT2D eigenvalue weighted by Gasteiger charge is 2.31. The number of benzene rings is 1. The molecule has 1 saturated heterocycles. The first kappa shape index (κ1) is 19.4. The predicted molar refractivity (Wildman–Crippen MR) is 95.1 cm³/mol. The lowest BCUT2D eigenvalue weighted by atomic mass is 10.1. The van der Waals surface area contributed by atoms with Gasteiger partial charge in [0.25, 0.3) is 5.91 Å². The summed E-state index contributed by atoms with van der Waals surface area (Å²) in [6.45, 7) is 0.493. The van der Waals surface area contributed by atoms with Crippen molar-refractivity contribution in [1.82, 2.24) is 15.5 Å². The zero-order chi connectivity index (χ0) is 18.6. The van der Waals surface area contributed by atoms with Crippen LogP contribution in [-0.2, 0) is 14.6 Å². The molecule has 1 aromatic rings. The number of carbonyl (C=O) groups excluding carboxylic acids is 2. The third kappa shape index (κ3) is 5.02. The number of likely N-dealkylation sites (N-methyl/N-ethyl adjacent to an activating group) is 1. The molecule has 2 rings (SSSR count). The van der Waals surface area contributed by atoms with E-state index < -0.39 is 9.84 Å². The molecule has 2 amide bonds. The van der Waals surface area contributed by atoms with E-state index in [1.54, 1.807) is 7.05 Å². The van der Waals surface area contributed by atoms with E-state index in [-0.39, 0.29) is 28.8 Å². The summed E-state index contributed by atoms with van der Waals surface area (Å²) in [5.41, 5.74) is 0.426. The molecule has 2 atom stereocenters. The second kappa shape index (κ2) is 7.97. The number of amides is 2. The molecule has 0 saturated carbocycles. The Bertz CT molecular complexity index is 731. The molecule has 0 unspecified atom stereocenters. The number of hydrogen-bond donors (Lipinski definition) is 2. The largest absolute Gasteiger partial charge is 0.359 e. The minimum Gasteiger partial charge on any atom is -0.359 e. The Hall–Kier alpha value is -1.93. The van der Waals surface area contributed by atoms with E-state index in [9.17, 15) is 18.0 Å².